The molecule has 1 fully saturated rings. The second-order valence-electron chi connectivity index (χ2n) is 3.59. The van der Waals surface area contributed by atoms with Crippen molar-refractivity contribution in [3.05, 3.63) is 16.1 Å². The largest absolute Gasteiger partial charge is 0.481 e. The highest BCUT2D eigenvalue weighted by atomic mass is 32.2. The van der Waals surface area contributed by atoms with E-state index in [0.29, 0.717) is 5.25 Å². The van der Waals surface area contributed by atoms with Crippen LogP contribution < -0.4 is 0 Å². The van der Waals surface area contributed by atoms with Gasteiger partial charge in [0, 0.05) is 11.1 Å². The normalized spacial score (nSPS) is 21.5. The third-order valence-electron chi connectivity index (χ3n) is 2.35. The minimum atomic E-state index is -0.776. The summed E-state index contributed by atoms with van der Waals surface area (Å²) in [5, 5.41) is 10.3. The summed E-state index contributed by atoms with van der Waals surface area (Å²) in [5.74, 6) is 0.430. The van der Waals surface area contributed by atoms with Crippen molar-refractivity contribution in [2.45, 2.75) is 30.9 Å². The SMILES string of the molecule is O=C(O)Cc1cnc(C2CCCCS2)s1. The second kappa shape index (κ2) is 4.99. The molecule has 0 aliphatic carbocycles. The van der Waals surface area contributed by atoms with Crippen molar-refractivity contribution < 1.29 is 9.90 Å². The smallest absolute Gasteiger partial charge is 0.308 e. The van der Waals surface area contributed by atoms with Gasteiger partial charge in [0.05, 0.1) is 11.7 Å². The van der Waals surface area contributed by atoms with Crippen LogP contribution in [0.3, 0.4) is 0 Å². The van der Waals surface area contributed by atoms with Gasteiger partial charge in [0.1, 0.15) is 5.01 Å². The lowest BCUT2D eigenvalue weighted by Crippen LogP contribution is -2.01. The van der Waals surface area contributed by atoms with Gasteiger partial charge in [-0.3, -0.25) is 4.79 Å². The molecular weight excluding hydrogens is 230 g/mol. The van der Waals surface area contributed by atoms with Crippen LogP contribution in [0.15, 0.2) is 6.20 Å². The number of carboxylic acid groups (broad SMARTS) is 1. The highest BCUT2D eigenvalue weighted by Gasteiger charge is 2.19. The van der Waals surface area contributed by atoms with Gasteiger partial charge >= 0.3 is 5.97 Å². The third kappa shape index (κ3) is 2.95. The maximum atomic E-state index is 10.5. The molecule has 3 nitrogen and oxygen atoms in total. The quantitative estimate of drug-likeness (QED) is 0.887. The molecule has 0 bridgehead atoms. The summed E-state index contributed by atoms with van der Waals surface area (Å²) in [6.07, 6.45) is 5.57. The highest BCUT2D eigenvalue weighted by molar-refractivity contribution is 7.99. The number of nitrogens with zero attached hydrogens (tertiary/aromatic N) is 1. The maximum absolute atomic E-state index is 10.5. The zero-order chi connectivity index (χ0) is 10.7. The van der Waals surface area contributed by atoms with Crippen molar-refractivity contribution in [3.63, 3.8) is 0 Å². The molecule has 1 atom stereocenters. The summed E-state index contributed by atoms with van der Waals surface area (Å²) in [6, 6.07) is 0. The molecule has 0 radical (unpaired) electrons. The van der Waals surface area contributed by atoms with E-state index < -0.39 is 5.97 Å². The molecule has 1 aliphatic rings. The van der Waals surface area contributed by atoms with Crippen molar-refractivity contribution in [1.29, 1.82) is 0 Å². The average Bonchev–Trinajstić information content (AvgIpc) is 2.67. The van der Waals surface area contributed by atoms with E-state index in [4.69, 9.17) is 5.11 Å². The van der Waals surface area contributed by atoms with E-state index in [1.807, 2.05) is 11.8 Å². The van der Waals surface area contributed by atoms with Crippen LogP contribution in [0.5, 0.6) is 0 Å². The first kappa shape index (κ1) is 11.0. The maximum Gasteiger partial charge on any atom is 0.308 e. The molecule has 0 amide bonds. The topological polar surface area (TPSA) is 50.2 Å². The van der Waals surface area contributed by atoms with Crippen molar-refractivity contribution >= 4 is 29.1 Å². The Morgan fingerprint density at radius 2 is 2.47 bits per heavy atom. The van der Waals surface area contributed by atoms with Crippen LogP contribution >= 0.6 is 23.1 Å². The number of rotatable bonds is 3. The van der Waals surface area contributed by atoms with Crippen LogP contribution in [-0.2, 0) is 11.2 Å². The van der Waals surface area contributed by atoms with E-state index in [1.54, 1.807) is 17.5 Å². The molecule has 82 valence electrons. The Bertz CT molecular complexity index is 345. The number of hydrogen-bond donors (Lipinski definition) is 1. The summed E-state index contributed by atoms with van der Waals surface area (Å²) in [6.45, 7) is 0. The van der Waals surface area contributed by atoms with Gasteiger partial charge in [0.25, 0.3) is 0 Å². The van der Waals surface area contributed by atoms with Crippen LogP contribution in [0, 0.1) is 0 Å². The van der Waals surface area contributed by atoms with Crippen molar-refractivity contribution in [1.82, 2.24) is 4.98 Å². The summed E-state index contributed by atoms with van der Waals surface area (Å²) in [7, 11) is 0. The fourth-order valence-electron chi connectivity index (χ4n) is 1.64. The van der Waals surface area contributed by atoms with Crippen LogP contribution in [0.4, 0.5) is 0 Å². The van der Waals surface area contributed by atoms with Crippen LogP contribution in [0.2, 0.25) is 0 Å². The van der Waals surface area contributed by atoms with Crippen LogP contribution in [-0.4, -0.2) is 21.8 Å². The van der Waals surface area contributed by atoms with E-state index in [9.17, 15) is 4.79 Å². The fourth-order valence-corrected chi connectivity index (χ4v) is 4.10. The molecule has 2 heterocycles. The molecule has 1 aromatic rings. The lowest BCUT2D eigenvalue weighted by atomic mass is 10.2. The van der Waals surface area contributed by atoms with Gasteiger partial charge in [-0.1, -0.05) is 6.42 Å². The minimum Gasteiger partial charge on any atom is -0.481 e. The molecule has 1 unspecified atom stereocenters. The molecule has 2 rings (SSSR count). The Morgan fingerprint density at radius 1 is 1.60 bits per heavy atom. The first-order valence-electron chi connectivity index (χ1n) is 5.03. The van der Waals surface area contributed by atoms with E-state index in [-0.39, 0.29) is 6.42 Å². The number of thiazole rings is 1. The van der Waals surface area contributed by atoms with Crippen LogP contribution in [0.25, 0.3) is 0 Å². The Morgan fingerprint density at radius 3 is 3.13 bits per heavy atom. The molecule has 1 aromatic heterocycles. The third-order valence-corrected chi connectivity index (χ3v) is 5.00. The Labute approximate surface area is 96.9 Å². The second-order valence-corrected chi connectivity index (χ2v) is 6.05. The number of hydrogen-bond acceptors (Lipinski definition) is 4. The van der Waals surface area contributed by atoms with Gasteiger partial charge in [-0.15, -0.1) is 11.3 Å². The van der Waals surface area contributed by atoms with Crippen LogP contribution in [0.1, 0.15) is 34.4 Å². The summed E-state index contributed by atoms with van der Waals surface area (Å²) >= 11 is 3.50. The molecule has 15 heavy (non-hydrogen) atoms. The first-order chi connectivity index (χ1) is 7.25. The highest BCUT2D eigenvalue weighted by Crippen LogP contribution is 2.39. The minimum absolute atomic E-state index is 0.106. The number of aromatic nitrogens is 1. The van der Waals surface area contributed by atoms with Gasteiger partial charge in [-0.25, -0.2) is 4.98 Å². The Hall–Kier alpha value is -0.550. The molecule has 1 saturated heterocycles. The van der Waals surface area contributed by atoms with E-state index in [0.717, 1.165) is 9.88 Å². The molecular formula is C10H13NO2S2. The zero-order valence-corrected chi connectivity index (χ0v) is 9.94. The lowest BCUT2D eigenvalue weighted by molar-refractivity contribution is -0.136. The molecule has 1 N–H and O–H groups in total. The van der Waals surface area contributed by atoms with Crippen molar-refractivity contribution in [2.24, 2.45) is 0 Å². The van der Waals surface area contributed by atoms with Gasteiger partial charge in [0.15, 0.2) is 0 Å². The fraction of sp³-hybridized carbons (Fsp3) is 0.600. The number of carbonyl (C=O) groups is 1. The van der Waals surface area contributed by atoms with E-state index >= 15 is 0 Å². The number of aliphatic carboxylic acids is 1. The summed E-state index contributed by atoms with van der Waals surface area (Å²) < 4.78 is 0. The first-order valence-corrected chi connectivity index (χ1v) is 6.90. The lowest BCUT2D eigenvalue weighted by Gasteiger charge is -2.18. The molecule has 0 saturated carbocycles. The Kier molecular flexibility index (Phi) is 3.64. The standard InChI is InChI=1S/C10H13NO2S2/c12-9(13)5-7-6-11-10(15-7)8-3-1-2-4-14-8/h6,8H,1-5H2,(H,12,13). The average molecular weight is 243 g/mol. The molecule has 0 aromatic carbocycles. The van der Waals surface area contributed by atoms with E-state index in [2.05, 4.69) is 4.98 Å². The zero-order valence-electron chi connectivity index (χ0n) is 8.31. The predicted octanol–water partition coefficient (Wildman–Crippen LogP) is 2.73. The molecule has 0 spiro atoms. The summed E-state index contributed by atoms with van der Waals surface area (Å²) in [5.41, 5.74) is 0. The monoisotopic (exact) mass is 243 g/mol. The summed E-state index contributed by atoms with van der Waals surface area (Å²) in [4.78, 5) is 15.7. The van der Waals surface area contributed by atoms with Crippen molar-refractivity contribution in [2.75, 3.05) is 5.75 Å². The number of carboxylic acids is 1. The molecule has 1 aliphatic heterocycles. The predicted molar refractivity (Wildman–Crippen MR) is 62.5 cm³/mol. The van der Waals surface area contributed by atoms with Gasteiger partial charge in [-0.05, 0) is 18.6 Å². The van der Waals surface area contributed by atoms with Crippen molar-refractivity contribution in [3.8, 4) is 0 Å². The van der Waals surface area contributed by atoms with E-state index in [1.165, 1.54) is 25.0 Å². The number of thioether (sulfide) groups is 1. The molecule has 5 heteroatoms. The Balaban J connectivity index is 2.02. The van der Waals surface area contributed by atoms with Gasteiger partial charge in [0.2, 0.25) is 0 Å². The van der Waals surface area contributed by atoms with Gasteiger partial charge in [-0.2, -0.15) is 11.8 Å². The van der Waals surface area contributed by atoms with Gasteiger partial charge < -0.3 is 5.11 Å².